The van der Waals surface area contributed by atoms with Crippen molar-refractivity contribution in [1.29, 1.82) is 0 Å². The molecular formula is C15H21ClFN3O. The molecule has 0 aromatic heterocycles. The predicted octanol–water partition coefficient (Wildman–Crippen LogP) is 1.64. The quantitative estimate of drug-likeness (QED) is 0.868. The minimum absolute atomic E-state index is 0.0757. The second-order valence-corrected chi connectivity index (χ2v) is 6.16. The minimum atomic E-state index is -0.468. The number of nitrogens with one attached hydrogen (secondary N) is 2. The van der Waals surface area contributed by atoms with Crippen molar-refractivity contribution in [2.75, 3.05) is 27.2 Å². The molecule has 0 radical (unpaired) electrons. The Balaban J connectivity index is 1.84. The molecule has 1 aromatic rings. The maximum atomic E-state index is 13.7. The second-order valence-electron chi connectivity index (χ2n) is 5.76. The Morgan fingerprint density at radius 3 is 3.00 bits per heavy atom. The summed E-state index contributed by atoms with van der Waals surface area (Å²) in [5.41, 5.74) is 0.402. The lowest BCUT2D eigenvalue weighted by Gasteiger charge is -2.15. The molecule has 2 N–H and O–H groups in total. The molecule has 2 atom stereocenters. The fourth-order valence-corrected chi connectivity index (χ4v) is 2.85. The molecule has 0 spiro atoms. The largest absolute Gasteiger partial charge is 0.351 e. The standard InChI is InChI=1S/C15H21ClFN3O/c1-20(2)9-10-6-13(18-7-10)15(21)19-8-11-4-3-5-12(16)14(11)17/h3-5,10,13,18H,6-9H2,1-2H3,(H,19,21)/t10-,13-/m0/s1. The Morgan fingerprint density at radius 1 is 1.52 bits per heavy atom. The molecule has 0 aliphatic carbocycles. The Hall–Kier alpha value is -1.17. The zero-order chi connectivity index (χ0) is 15.4. The highest BCUT2D eigenvalue weighted by Gasteiger charge is 2.29. The van der Waals surface area contributed by atoms with Crippen molar-refractivity contribution in [1.82, 2.24) is 15.5 Å². The highest BCUT2D eigenvalue weighted by atomic mass is 35.5. The van der Waals surface area contributed by atoms with Gasteiger partial charge in [-0.1, -0.05) is 23.7 Å². The number of amides is 1. The van der Waals surface area contributed by atoms with Crippen LogP contribution in [0, 0.1) is 11.7 Å². The van der Waals surface area contributed by atoms with Crippen LogP contribution >= 0.6 is 11.6 Å². The molecule has 6 heteroatoms. The van der Waals surface area contributed by atoms with Crippen LogP contribution in [0.2, 0.25) is 5.02 Å². The summed E-state index contributed by atoms with van der Waals surface area (Å²) < 4.78 is 13.7. The first-order chi connectivity index (χ1) is 9.97. The van der Waals surface area contributed by atoms with Gasteiger partial charge in [0.05, 0.1) is 11.1 Å². The average Bonchev–Trinajstić information content (AvgIpc) is 2.88. The lowest BCUT2D eigenvalue weighted by Crippen LogP contribution is -2.40. The number of rotatable bonds is 5. The molecule has 21 heavy (non-hydrogen) atoms. The van der Waals surface area contributed by atoms with Crippen LogP contribution in [0.15, 0.2) is 18.2 Å². The number of nitrogens with zero attached hydrogens (tertiary/aromatic N) is 1. The highest BCUT2D eigenvalue weighted by molar-refractivity contribution is 6.30. The van der Waals surface area contributed by atoms with E-state index >= 15 is 0 Å². The third-order valence-electron chi connectivity index (χ3n) is 3.65. The fourth-order valence-electron chi connectivity index (χ4n) is 2.65. The first-order valence-corrected chi connectivity index (χ1v) is 7.44. The monoisotopic (exact) mass is 313 g/mol. The third kappa shape index (κ3) is 4.40. The normalized spacial score (nSPS) is 21.8. The Labute approximate surface area is 129 Å². The summed E-state index contributed by atoms with van der Waals surface area (Å²) >= 11 is 5.72. The molecule has 116 valence electrons. The van der Waals surface area contributed by atoms with E-state index in [9.17, 15) is 9.18 Å². The molecule has 1 fully saturated rings. The van der Waals surface area contributed by atoms with E-state index < -0.39 is 5.82 Å². The maximum Gasteiger partial charge on any atom is 0.237 e. The van der Waals surface area contributed by atoms with Crippen molar-refractivity contribution in [2.24, 2.45) is 5.92 Å². The number of benzene rings is 1. The molecule has 0 saturated carbocycles. The van der Waals surface area contributed by atoms with Crippen molar-refractivity contribution in [3.8, 4) is 0 Å². The van der Waals surface area contributed by atoms with Crippen LogP contribution < -0.4 is 10.6 Å². The van der Waals surface area contributed by atoms with Gasteiger partial charge in [-0.25, -0.2) is 4.39 Å². The molecule has 4 nitrogen and oxygen atoms in total. The van der Waals surface area contributed by atoms with Gasteiger partial charge in [0.25, 0.3) is 0 Å². The van der Waals surface area contributed by atoms with Crippen LogP contribution in [0.25, 0.3) is 0 Å². The number of hydrogen-bond acceptors (Lipinski definition) is 3. The van der Waals surface area contributed by atoms with E-state index in [0.29, 0.717) is 11.5 Å². The maximum absolute atomic E-state index is 13.7. The van der Waals surface area contributed by atoms with Crippen LogP contribution in [0.1, 0.15) is 12.0 Å². The first-order valence-electron chi connectivity index (χ1n) is 7.06. The van der Waals surface area contributed by atoms with Gasteiger partial charge in [-0.05, 0) is 39.0 Å². The van der Waals surface area contributed by atoms with E-state index in [4.69, 9.17) is 11.6 Å². The van der Waals surface area contributed by atoms with E-state index in [1.807, 2.05) is 14.1 Å². The Kier molecular flexibility index (Phi) is 5.56. The summed E-state index contributed by atoms with van der Waals surface area (Å²) in [6.45, 7) is 1.95. The van der Waals surface area contributed by atoms with Gasteiger partial charge >= 0.3 is 0 Å². The van der Waals surface area contributed by atoms with Crippen molar-refractivity contribution >= 4 is 17.5 Å². The summed E-state index contributed by atoms with van der Waals surface area (Å²) in [5, 5.41) is 6.06. The van der Waals surface area contributed by atoms with Crippen LogP contribution in [-0.2, 0) is 11.3 Å². The van der Waals surface area contributed by atoms with Crippen LogP contribution in [0.4, 0.5) is 4.39 Å². The van der Waals surface area contributed by atoms with Gasteiger partial charge in [-0.15, -0.1) is 0 Å². The second kappa shape index (κ2) is 7.20. The molecule has 1 heterocycles. The van der Waals surface area contributed by atoms with Crippen molar-refractivity contribution in [3.63, 3.8) is 0 Å². The molecule has 1 aliphatic rings. The number of hydrogen-bond donors (Lipinski definition) is 2. The fraction of sp³-hybridized carbons (Fsp3) is 0.533. The smallest absolute Gasteiger partial charge is 0.237 e. The molecule has 1 aromatic carbocycles. The summed E-state index contributed by atoms with van der Waals surface area (Å²) in [6.07, 6.45) is 0.808. The Morgan fingerprint density at radius 2 is 2.29 bits per heavy atom. The first kappa shape index (κ1) is 16.2. The zero-order valence-corrected chi connectivity index (χ0v) is 13.1. The van der Waals surface area contributed by atoms with Gasteiger partial charge in [-0.3, -0.25) is 4.79 Å². The van der Waals surface area contributed by atoms with Gasteiger partial charge in [-0.2, -0.15) is 0 Å². The number of halogens is 2. The van der Waals surface area contributed by atoms with Gasteiger partial charge in [0.15, 0.2) is 0 Å². The van der Waals surface area contributed by atoms with E-state index in [0.717, 1.165) is 19.5 Å². The SMILES string of the molecule is CN(C)C[C@@H]1CN[C@H](C(=O)NCc2cccc(Cl)c2F)C1. The van der Waals surface area contributed by atoms with Gasteiger partial charge in [0, 0.05) is 18.7 Å². The minimum Gasteiger partial charge on any atom is -0.351 e. The van der Waals surface area contributed by atoms with Gasteiger partial charge < -0.3 is 15.5 Å². The van der Waals surface area contributed by atoms with Crippen molar-refractivity contribution < 1.29 is 9.18 Å². The summed E-state index contributed by atoms with van der Waals surface area (Å²) in [7, 11) is 4.05. The average molecular weight is 314 g/mol. The topological polar surface area (TPSA) is 44.4 Å². The van der Waals surface area contributed by atoms with Crippen LogP contribution in [-0.4, -0.2) is 44.0 Å². The summed E-state index contributed by atoms with van der Waals surface area (Å²) in [6, 6.07) is 4.59. The van der Waals surface area contributed by atoms with E-state index in [1.165, 1.54) is 6.07 Å². The van der Waals surface area contributed by atoms with E-state index in [2.05, 4.69) is 15.5 Å². The molecule has 1 aliphatic heterocycles. The van der Waals surface area contributed by atoms with Crippen LogP contribution in [0.3, 0.4) is 0 Å². The lowest BCUT2D eigenvalue weighted by atomic mass is 10.0. The summed E-state index contributed by atoms with van der Waals surface area (Å²) in [4.78, 5) is 14.2. The molecule has 0 unspecified atom stereocenters. The van der Waals surface area contributed by atoms with Gasteiger partial charge in [0.1, 0.15) is 5.82 Å². The third-order valence-corrected chi connectivity index (χ3v) is 3.94. The summed E-state index contributed by atoms with van der Waals surface area (Å²) in [5.74, 6) is -0.0846. The highest BCUT2D eigenvalue weighted by Crippen LogP contribution is 2.18. The Bertz CT molecular complexity index is 510. The number of carbonyl (C=O) groups is 1. The van der Waals surface area contributed by atoms with E-state index in [1.54, 1.807) is 12.1 Å². The number of carbonyl (C=O) groups excluding carboxylic acids is 1. The molecule has 1 amide bonds. The van der Waals surface area contributed by atoms with Crippen LogP contribution in [0.5, 0.6) is 0 Å². The molecule has 1 saturated heterocycles. The van der Waals surface area contributed by atoms with Crippen molar-refractivity contribution in [3.05, 3.63) is 34.6 Å². The van der Waals surface area contributed by atoms with E-state index in [-0.39, 0.29) is 23.5 Å². The van der Waals surface area contributed by atoms with Crippen molar-refractivity contribution in [2.45, 2.75) is 19.0 Å². The predicted molar refractivity (Wildman–Crippen MR) is 81.7 cm³/mol. The van der Waals surface area contributed by atoms with Gasteiger partial charge in [0.2, 0.25) is 5.91 Å². The molecule has 2 rings (SSSR count). The molecular weight excluding hydrogens is 293 g/mol. The zero-order valence-electron chi connectivity index (χ0n) is 12.3. The molecule has 0 bridgehead atoms. The lowest BCUT2D eigenvalue weighted by molar-refractivity contribution is -0.123.